The monoisotopic (exact) mass is 324 g/mol. The number of hydrogen-bond acceptors (Lipinski definition) is 4. The first kappa shape index (κ1) is 17.6. The number of nitrogens with two attached hydrogens (primary N) is 1. The van der Waals surface area contributed by atoms with Crippen LogP contribution in [0.2, 0.25) is 0 Å². The molecule has 0 aromatic rings. The number of urea groups is 1. The van der Waals surface area contributed by atoms with E-state index in [2.05, 4.69) is 4.99 Å². The zero-order valence-electron chi connectivity index (χ0n) is 14.8. The van der Waals surface area contributed by atoms with E-state index >= 15 is 0 Å². The summed E-state index contributed by atoms with van der Waals surface area (Å²) in [6.07, 6.45) is 1.12. The highest BCUT2D eigenvalue weighted by Crippen LogP contribution is 2.34. The molecule has 1 unspecified atom stereocenters. The third-order valence-corrected chi connectivity index (χ3v) is 4.11. The third-order valence-electron chi connectivity index (χ3n) is 4.11. The number of aliphatic imine (C=N–C) groups is 1. The van der Waals surface area contributed by atoms with Gasteiger partial charge < -0.3 is 20.3 Å². The lowest BCUT2D eigenvalue weighted by Gasteiger charge is -2.45. The van der Waals surface area contributed by atoms with Gasteiger partial charge >= 0.3 is 12.1 Å². The Morgan fingerprint density at radius 2 is 2.09 bits per heavy atom. The highest BCUT2D eigenvalue weighted by atomic mass is 16.6. The van der Waals surface area contributed by atoms with Crippen LogP contribution >= 0.6 is 0 Å². The van der Waals surface area contributed by atoms with Gasteiger partial charge in [-0.05, 0) is 39.5 Å². The van der Waals surface area contributed by atoms with Crippen LogP contribution in [0.1, 0.15) is 47.5 Å². The molecule has 2 rings (SSSR count). The molecule has 1 fully saturated rings. The van der Waals surface area contributed by atoms with Crippen molar-refractivity contribution in [2.75, 3.05) is 19.6 Å². The fourth-order valence-electron chi connectivity index (χ4n) is 3.15. The molecule has 0 bridgehead atoms. The quantitative estimate of drug-likeness (QED) is 0.843. The molecule has 0 saturated carbocycles. The maximum atomic E-state index is 12.4. The Balaban J connectivity index is 2.21. The van der Waals surface area contributed by atoms with E-state index in [0.29, 0.717) is 31.4 Å². The SMILES string of the molecule is CC(C)CN1C(=O)N=C(N)C12CCCN(C(=O)OC(C)(C)C)C2. The maximum Gasteiger partial charge on any atom is 0.410 e. The van der Waals surface area contributed by atoms with Crippen molar-refractivity contribution in [2.24, 2.45) is 16.6 Å². The molecule has 0 aliphatic carbocycles. The van der Waals surface area contributed by atoms with E-state index in [4.69, 9.17) is 10.5 Å². The number of amidine groups is 1. The van der Waals surface area contributed by atoms with Gasteiger partial charge in [0.15, 0.2) is 0 Å². The number of carbonyl (C=O) groups is 2. The van der Waals surface area contributed by atoms with Crippen molar-refractivity contribution in [3.63, 3.8) is 0 Å². The second-order valence-electron chi connectivity index (χ2n) is 7.82. The highest BCUT2D eigenvalue weighted by Gasteiger charge is 2.51. The number of rotatable bonds is 2. The van der Waals surface area contributed by atoms with Crippen LogP contribution in [0.25, 0.3) is 0 Å². The van der Waals surface area contributed by atoms with Crippen LogP contribution in [-0.4, -0.2) is 58.5 Å². The van der Waals surface area contributed by atoms with Gasteiger partial charge in [-0.1, -0.05) is 13.8 Å². The summed E-state index contributed by atoms with van der Waals surface area (Å²) in [5.74, 6) is 0.616. The van der Waals surface area contributed by atoms with E-state index in [1.165, 1.54) is 0 Å². The fourth-order valence-corrected chi connectivity index (χ4v) is 3.15. The van der Waals surface area contributed by atoms with Gasteiger partial charge in [-0.25, -0.2) is 9.59 Å². The number of piperidine rings is 1. The van der Waals surface area contributed by atoms with Crippen molar-refractivity contribution in [2.45, 2.75) is 58.6 Å². The number of likely N-dealkylation sites (tertiary alicyclic amines) is 1. The van der Waals surface area contributed by atoms with E-state index in [1.54, 1.807) is 9.80 Å². The number of nitrogens with zero attached hydrogens (tertiary/aromatic N) is 3. The van der Waals surface area contributed by atoms with Crippen molar-refractivity contribution in [1.29, 1.82) is 0 Å². The number of amides is 3. The highest BCUT2D eigenvalue weighted by molar-refractivity contribution is 6.06. The predicted octanol–water partition coefficient (Wildman–Crippen LogP) is 2.20. The van der Waals surface area contributed by atoms with E-state index in [-0.39, 0.29) is 12.1 Å². The Labute approximate surface area is 137 Å². The lowest BCUT2D eigenvalue weighted by molar-refractivity contribution is 0.00755. The summed E-state index contributed by atoms with van der Waals surface area (Å²) in [5, 5.41) is 0. The number of carbonyl (C=O) groups excluding carboxylic acids is 2. The molecule has 1 saturated heterocycles. The topological polar surface area (TPSA) is 88.2 Å². The van der Waals surface area contributed by atoms with Gasteiger partial charge in [0.05, 0.1) is 6.54 Å². The van der Waals surface area contributed by atoms with Crippen LogP contribution in [-0.2, 0) is 4.74 Å². The van der Waals surface area contributed by atoms with Crippen LogP contribution in [0.5, 0.6) is 0 Å². The molecule has 2 aliphatic heterocycles. The van der Waals surface area contributed by atoms with E-state index in [9.17, 15) is 9.59 Å². The van der Waals surface area contributed by atoms with E-state index < -0.39 is 11.1 Å². The van der Waals surface area contributed by atoms with Crippen LogP contribution in [0, 0.1) is 5.92 Å². The normalized spacial score (nSPS) is 25.3. The van der Waals surface area contributed by atoms with Crippen molar-refractivity contribution in [1.82, 2.24) is 9.80 Å². The van der Waals surface area contributed by atoms with Crippen LogP contribution in [0.3, 0.4) is 0 Å². The minimum absolute atomic E-state index is 0.300. The summed E-state index contributed by atoms with van der Waals surface area (Å²) >= 11 is 0. The Kier molecular flexibility index (Phi) is 4.59. The second-order valence-corrected chi connectivity index (χ2v) is 7.82. The van der Waals surface area contributed by atoms with Gasteiger partial charge in [-0.3, -0.25) is 0 Å². The van der Waals surface area contributed by atoms with Crippen LogP contribution in [0.4, 0.5) is 9.59 Å². The third kappa shape index (κ3) is 3.59. The fraction of sp³-hybridized carbons (Fsp3) is 0.812. The Hall–Kier alpha value is -1.79. The van der Waals surface area contributed by atoms with Crippen LogP contribution < -0.4 is 5.73 Å². The summed E-state index contributed by atoms with van der Waals surface area (Å²) in [7, 11) is 0. The maximum absolute atomic E-state index is 12.4. The molecule has 130 valence electrons. The molecule has 1 spiro atoms. The minimum atomic E-state index is -0.684. The van der Waals surface area contributed by atoms with Crippen molar-refractivity contribution >= 4 is 18.0 Å². The van der Waals surface area contributed by atoms with Gasteiger partial charge in [0.1, 0.15) is 17.0 Å². The number of ether oxygens (including phenoxy) is 1. The molecule has 0 aromatic carbocycles. The van der Waals surface area contributed by atoms with Gasteiger partial charge in [-0.15, -0.1) is 0 Å². The standard InChI is InChI=1S/C16H28N4O3/c1-11(2)9-20-13(21)18-12(17)16(20)7-6-8-19(10-16)14(22)23-15(3,4)5/h11H,6-10H2,1-5H3,(H2,17,18,21). The van der Waals surface area contributed by atoms with Crippen LogP contribution in [0.15, 0.2) is 4.99 Å². The first-order chi connectivity index (χ1) is 10.5. The molecule has 2 N–H and O–H groups in total. The van der Waals surface area contributed by atoms with Gasteiger partial charge in [0.25, 0.3) is 0 Å². The molecule has 1 atom stereocenters. The Bertz CT molecular complexity index is 524. The zero-order valence-corrected chi connectivity index (χ0v) is 14.8. The summed E-state index contributed by atoms with van der Waals surface area (Å²) in [6, 6.07) is -0.303. The molecule has 0 aromatic heterocycles. The minimum Gasteiger partial charge on any atom is -0.444 e. The first-order valence-electron chi connectivity index (χ1n) is 8.19. The zero-order chi connectivity index (χ0) is 17.4. The summed E-state index contributed by atoms with van der Waals surface area (Å²) in [4.78, 5) is 32.0. The van der Waals surface area contributed by atoms with E-state index in [0.717, 1.165) is 12.8 Å². The molecule has 7 nitrogen and oxygen atoms in total. The molecule has 23 heavy (non-hydrogen) atoms. The first-order valence-corrected chi connectivity index (χ1v) is 8.19. The van der Waals surface area contributed by atoms with Gasteiger partial charge in [0.2, 0.25) is 0 Å². The lowest BCUT2D eigenvalue weighted by Crippen LogP contribution is -2.64. The smallest absolute Gasteiger partial charge is 0.410 e. The molecule has 7 heteroatoms. The van der Waals surface area contributed by atoms with E-state index in [1.807, 2.05) is 34.6 Å². The lowest BCUT2D eigenvalue weighted by atomic mass is 9.86. The molecule has 2 aliphatic rings. The summed E-state index contributed by atoms with van der Waals surface area (Å²) < 4.78 is 5.46. The molecular weight excluding hydrogens is 296 g/mol. The van der Waals surface area contributed by atoms with Crippen molar-refractivity contribution < 1.29 is 14.3 Å². The summed E-state index contributed by atoms with van der Waals surface area (Å²) in [5.41, 5.74) is 4.86. The summed E-state index contributed by atoms with van der Waals surface area (Å²) in [6.45, 7) is 11.1. The predicted molar refractivity (Wildman–Crippen MR) is 88.3 cm³/mol. The number of hydrogen-bond donors (Lipinski definition) is 1. The molecule has 2 heterocycles. The van der Waals surface area contributed by atoms with Crippen molar-refractivity contribution in [3.05, 3.63) is 0 Å². The molecule has 0 radical (unpaired) electrons. The Morgan fingerprint density at radius 3 is 2.65 bits per heavy atom. The van der Waals surface area contributed by atoms with Gasteiger partial charge in [0, 0.05) is 13.1 Å². The largest absolute Gasteiger partial charge is 0.444 e. The Morgan fingerprint density at radius 1 is 1.43 bits per heavy atom. The second kappa shape index (κ2) is 6.02. The molecule has 3 amide bonds. The van der Waals surface area contributed by atoms with Gasteiger partial charge in [-0.2, -0.15) is 4.99 Å². The van der Waals surface area contributed by atoms with Crippen molar-refractivity contribution in [3.8, 4) is 0 Å². The average molecular weight is 324 g/mol. The molecular formula is C16H28N4O3. The average Bonchev–Trinajstić information content (AvgIpc) is 2.61.